The molecule has 31 heavy (non-hydrogen) atoms. The molecule has 0 heterocycles. The molecule has 0 aromatic carbocycles. The fourth-order valence-electron chi connectivity index (χ4n) is 4.60. The predicted molar refractivity (Wildman–Crippen MR) is 120 cm³/mol. The molecule has 2 aliphatic carbocycles. The lowest BCUT2D eigenvalue weighted by atomic mass is 9.83. The largest absolute Gasteiger partial charge is 0.460 e. The number of amides is 1. The number of fused-ring (bicyclic) bond motifs is 2. The van der Waals surface area contributed by atoms with Gasteiger partial charge in [0, 0.05) is 24.3 Å². The van der Waals surface area contributed by atoms with Gasteiger partial charge in [0.1, 0.15) is 11.2 Å². The van der Waals surface area contributed by atoms with Crippen LogP contribution in [-0.4, -0.2) is 34.6 Å². The molecule has 0 aromatic heterocycles. The van der Waals surface area contributed by atoms with Crippen molar-refractivity contribution < 1.29 is 23.9 Å². The summed E-state index contributed by atoms with van der Waals surface area (Å²) in [6.07, 6.45) is 8.18. The molecule has 1 amide bonds. The minimum Gasteiger partial charge on any atom is -0.460 e. The second-order valence-electron chi connectivity index (χ2n) is 11.2. The monoisotopic (exact) mass is 435 g/mol. The summed E-state index contributed by atoms with van der Waals surface area (Å²) in [5.41, 5.74) is -1.75. The fraction of sp³-hybridized carbons (Fsp3) is 0.800. The van der Waals surface area contributed by atoms with E-state index in [0.717, 1.165) is 12.8 Å². The lowest BCUT2D eigenvalue weighted by molar-refractivity contribution is -0.155. The molecule has 2 bridgehead atoms. The van der Waals surface area contributed by atoms with Crippen LogP contribution in [0.1, 0.15) is 93.4 Å². The maximum absolute atomic E-state index is 13.2. The summed E-state index contributed by atoms with van der Waals surface area (Å²) in [5, 5.41) is 3.26. The first kappa shape index (κ1) is 25.4. The minimum atomic E-state index is -0.642. The van der Waals surface area contributed by atoms with Crippen LogP contribution in [0.15, 0.2) is 12.2 Å². The maximum Gasteiger partial charge on any atom is 0.306 e. The van der Waals surface area contributed by atoms with Crippen LogP contribution in [0.4, 0.5) is 0 Å². The summed E-state index contributed by atoms with van der Waals surface area (Å²) < 4.78 is 10.9. The fourth-order valence-corrected chi connectivity index (χ4v) is 4.60. The van der Waals surface area contributed by atoms with Crippen molar-refractivity contribution in [3.8, 4) is 0 Å². The summed E-state index contributed by atoms with van der Waals surface area (Å²) in [4.78, 5) is 37.9. The van der Waals surface area contributed by atoms with Crippen LogP contribution in [0, 0.1) is 17.8 Å². The lowest BCUT2D eigenvalue weighted by Crippen LogP contribution is -2.51. The van der Waals surface area contributed by atoms with Gasteiger partial charge in [0.25, 0.3) is 0 Å². The second kappa shape index (κ2) is 9.74. The van der Waals surface area contributed by atoms with E-state index in [0.29, 0.717) is 31.1 Å². The molecule has 6 nitrogen and oxygen atoms in total. The topological polar surface area (TPSA) is 81.7 Å². The molecule has 176 valence electrons. The third-order valence-electron chi connectivity index (χ3n) is 6.14. The van der Waals surface area contributed by atoms with E-state index >= 15 is 0 Å². The van der Waals surface area contributed by atoms with E-state index in [4.69, 9.17) is 9.47 Å². The van der Waals surface area contributed by atoms with Gasteiger partial charge in [-0.15, -0.1) is 0 Å². The Morgan fingerprint density at radius 1 is 0.871 bits per heavy atom. The summed E-state index contributed by atoms with van der Waals surface area (Å²) in [6.45, 7) is 13.0. The molecule has 3 atom stereocenters. The SMILES string of the molecule is CCC(CCC(=O)OC(C)(C)C)(CCC(=O)OC(C)(C)C)NC(=O)C1CC2C=CC1C2. The second-order valence-corrected chi connectivity index (χ2v) is 11.2. The van der Waals surface area contributed by atoms with E-state index in [1.165, 1.54) is 0 Å². The summed E-state index contributed by atoms with van der Waals surface area (Å²) >= 11 is 0. The van der Waals surface area contributed by atoms with Crippen molar-refractivity contribution in [2.75, 3.05) is 0 Å². The van der Waals surface area contributed by atoms with E-state index in [2.05, 4.69) is 17.5 Å². The van der Waals surface area contributed by atoms with Gasteiger partial charge in [0.2, 0.25) is 5.91 Å². The minimum absolute atomic E-state index is 0.0241. The predicted octanol–water partition coefficient (Wildman–Crippen LogP) is 4.71. The number of hydrogen-bond donors (Lipinski definition) is 1. The highest BCUT2D eigenvalue weighted by Gasteiger charge is 2.42. The number of carbonyl (C=O) groups excluding carboxylic acids is 3. The Hall–Kier alpha value is -1.85. The first-order valence-corrected chi connectivity index (χ1v) is 11.7. The van der Waals surface area contributed by atoms with Crippen LogP contribution >= 0.6 is 0 Å². The number of rotatable bonds is 9. The van der Waals surface area contributed by atoms with Crippen LogP contribution in [0.5, 0.6) is 0 Å². The van der Waals surface area contributed by atoms with Gasteiger partial charge >= 0.3 is 11.9 Å². The highest BCUT2D eigenvalue weighted by Crippen LogP contribution is 2.44. The smallest absolute Gasteiger partial charge is 0.306 e. The highest BCUT2D eigenvalue weighted by atomic mass is 16.6. The molecule has 0 spiro atoms. The zero-order valence-electron chi connectivity index (χ0n) is 20.4. The molecule has 2 rings (SSSR count). The van der Waals surface area contributed by atoms with Crippen LogP contribution < -0.4 is 5.32 Å². The van der Waals surface area contributed by atoms with Gasteiger partial charge in [-0.3, -0.25) is 14.4 Å². The van der Waals surface area contributed by atoms with Crippen molar-refractivity contribution in [3.63, 3.8) is 0 Å². The van der Waals surface area contributed by atoms with E-state index in [-0.39, 0.29) is 36.6 Å². The first-order valence-electron chi connectivity index (χ1n) is 11.7. The van der Waals surface area contributed by atoms with E-state index < -0.39 is 16.7 Å². The number of carbonyl (C=O) groups is 3. The summed E-state index contributed by atoms with van der Waals surface area (Å²) in [7, 11) is 0. The van der Waals surface area contributed by atoms with Gasteiger partial charge in [0.05, 0.1) is 0 Å². The summed E-state index contributed by atoms with van der Waals surface area (Å²) in [5.74, 6) is 0.229. The van der Waals surface area contributed by atoms with Crippen molar-refractivity contribution in [3.05, 3.63) is 12.2 Å². The van der Waals surface area contributed by atoms with Gasteiger partial charge in [0.15, 0.2) is 0 Å². The van der Waals surface area contributed by atoms with Crippen molar-refractivity contribution in [2.24, 2.45) is 17.8 Å². The molecular formula is C25H41NO5. The molecule has 6 heteroatoms. The molecule has 0 saturated heterocycles. The Labute approximate surface area is 187 Å². The maximum atomic E-state index is 13.2. The molecule has 0 radical (unpaired) electrons. The van der Waals surface area contributed by atoms with E-state index in [9.17, 15) is 14.4 Å². The average molecular weight is 436 g/mol. The number of esters is 2. The molecule has 1 N–H and O–H groups in total. The molecule has 3 unspecified atom stereocenters. The van der Waals surface area contributed by atoms with Crippen LogP contribution in [0.25, 0.3) is 0 Å². The Kier molecular flexibility index (Phi) is 7.99. The third kappa shape index (κ3) is 7.97. The lowest BCUT2D eigenvalue weighted by Gasteiger charge is -2.36. The normalized spacial score (nSPS) is 23.0. The number of allylic oxidation sites excluding steroid dienone is 2. The third-order valence-corrected chi connectivity index (χ3v) is 6.14. The number of ether oxygens (including phenoxy) is 2. The average Bonchev–Trinajstić information content (AvgIpc) is 3.24. The number of hydrogen-bond acceptors (Lipinski definition) is 5. The van der Waals surface area contributed by atoms with Crippen molar-refractivity contribution >= 4 is 17.8 Å². The zero-order chi connectivity index (χ0) is 23.4. The standard InChI is InChI=1S/C25H41NO5/c1-8-25(13-11-20(27)30-23(2,3)4,14-12-21(28)31-24(5,6)7)26-22(29)19-16-17-9-10-18(19)15-17/h9-10,17-19H,8,11-16H2,1-7H3,(H,26,29). The van der Waals surface area contributed by atoms with Crippen molar-refractivity contribution in [1.29, 1.82) is 0 Å². The Morgan fingerprint density at radius 3 is 1.74 bits per heavy atom. The number of nitrogens with one attached hydrogen (secondary N) is 1. The van der Waals surface area contributed by atoms with Crippen LogP contribution in [-0.2, 0) is 23.9 Å². The molecule has 1 saturated carbocycles. The van der Waals surface area contributed by atoms with Crippen LogP contribution in [0.2, 0.25) is 0 Å². The van der Waals surface area contributed by atoms with Gasteiger partial charge in [-0.1, -0.05) is 19.1 Å². The van der Waals surface area contributed by atoms with Crippen molar-refractivity contribution in [2.45, 2.75) is 110 Å². The molecular weight excluding hydrogens is 394 g/mol. The molecule has 0 aromatic rings. The summed E-state index contributed by atoms with van der Waals surface area (Å²) in [6, 6.07) is 0. The van der Waals surface area contributed by atoms with E-state index in [1.807, 2.05) is 48.5 Å². The quantitative estimate of drug-likeness (QED) is 0.419. The Bertz CT molecular complexity index is 666. The molecule has 1 fully saturated rings. The molecule has 0 aliphatic heterocycles. The first-order chi connectivity index (χ1) is 14.2. The zero-order valence-corrected chi connectivity index (χ0v) is 20.4. The Morgan fingerprint density at radius 2 is 1.39 bits per heavy atom. The van der Waals surface area contributed by atoms with Gasteiger partial charge in [-0.25, -0.2) is 0 Å². The van der Waals surface area contributed by atoms with Crippen LogP contribution in [0.3, 0.4) is 0 Å². The highest BCUT2D eigenvalue weighted by molar-refractivity contribution is 5.81. The molecule has 2 aliphatic rings. The van der Waals surface area contributed by atoms with Gasteiger partial charge < -0.3 is 14.8 Å². The van der Waals surface area contributed by atoms with Gasteiger partial charge in [-0.05, 0) is 85.5 Å². The van der Waals surface area contributed by atoms with Gasteiger partial charge in [-0.2, -0.15) is 0 Å². The Balaban J connectivity index is 2.08. The van der Waals surface area contributed by atoms with Crippen molar-refractivity contribution in [1.82, 2.24) is 5.32 Å². The van der Waals surface area contributed by atoms with E-state index in [1.54, 1.807) is 0 Å².